The molecule has 0 spiro atoms. The molecule has 0 aliphatic heterocycles. The van der Waals surface area contributed by atoms with Gasteiger partial charge in [-0.1, -0.05) is 110 Å². The Morgan fingerprint density at radius 3 is 2.51 bits per heavy atom. The topological polar surface area (TPSA) is 44.8 Å². The van der Waals surface area contributed by atoms with Crippen LogP contribution in [0.1, 0.15) is 48.8 Å². The van der Waals surface area contributed by atoms with Gasteiger partial charge < -0.3 is 14.2 Å². The zero-order valence-corrected chi connectivity index (χ0v) is 26.8. The molecule has 224 valence electrons. The number of ketones is 1. The molecular weight excluding hydrogens is 549 g/mol. The van der Waals surface area contributed by atoms with Gasteiger partial charge >= 0.3 is 0 Å². The molecule has 6 rings (SSSR count). The van der Waals surface area contributed by atoms with E-state index in [-0.39, 0.29) is 35.9 Å². The number of benzene rings is 3. The summed E-state index contributed by atoms with van der Waals surface area (Å²) in [5.74, 6) is 1.12. The molecule has 0 amide bonds. The summed E-state index contributed by atoms with van der Waals surface area (Å²) in [6.07, 6.45) is 7.58. The zero-order valence-electron chi connectivity index (χ0n) is 25.8. The lowest BCUT2D eigenvalue weighted by Crippen LogP contribution is -2.57. The molecule has 4 nitrogen and oxygen atoms in total. The monoisotopic (exact) mass is 592 g/mol. The maximum absolute atomic E-state index is 14.0. The zero-order chi connectivity index (χ0) is 30.0. The lowest BCUT2D eigenvalue weighted by Gasteiger charge is -2.57. The molecule has 0 radical (unpaired) electrons. The van der Waals surface area contributed by atoms with Crippen LogP contribution in [0, 0.1) is 11.3 Å². The van der Waals surface area contributed by atoms with Gasteiger partial charge in [-0.25, -0.2) is 0 Å². The van der Waals surface area contributed by atoms with Crippen LogP contribution in [0.15, 0.2) is 103 Å². The molecule has 0 N–H and O–H groups in total. The van der Waals surface area contributed by atoms with Crippen molar-refractivity contribution >= 4 is 19.0 Å². The third-order valence-corrected chi connectivity index (χ3v) is 15.0. The molecule has 1 saturated carbocycles. The first-order valence-electron chi connectivity index (χ1n) is 15.7. The second-order valence-electron chi connectivity index (χ2n) is 13.3. The first kappa shape index (κ1) is 29.8. The molecule has 3 aliphatic rings. The Morgan fingerprint density at radius 1 is 1.02 bits per heavy atom. The number of hydrogen-bond acceptors (Lipinski definition) is 4. The van der Waals surface area contributed by atoms with E-state index in [1.165, 1.54) is 16.3 Å². The van der Waals surface area contributed by atoms with E-state index < -0.39 is 8.07 Å². The van der Waals surface area contributed by atoms with E-state index >= 15 is 0 Å². The Hall–Kier alpha value is -3.25. The van der Waals surface area contributed by atoms with E-state index in [2.05, 4.69) is 81.2 Å². The third kappa shape index (κ3) is 5.71. The van der Waals surface area contributed by atoms with Crippen LogP contribution < -0.4 is 9.92 Å². The summed E-state index contributed by atoms with van der Waals surface area (Å²) in [7, 11) is -1.86. The van der Waals surface area contributed by atoms with Gasteiger partial charge in [0.2, 0.25) is 0 Å². The van der Waals surface area contributed by atoms with Gasteiger partial charge in [0, 0.05) is 5.41 Å². The standard InChI is InChI=1S/C38H44O4Si/c1-5-20-41-30-17-18-33-28(21-30)16-19-34-37(33)35(39)23-29-22-32(43(3,4)31-14-10-7-11-15-31)24-36(38(29,34)2)42-26-40-25-27-12-8-6-9-13-27/h5-15,17-18,21,23,32,34,36-37H,1,16,19-20,22,24-26H2,2-4H3/t32-,34+,36+,37+,38+/m1/s1. The average molecular weight is 593 g/mol. The molecule has 0 heterocycles. The van der Waals surface area contributed by atoms with Gasteiger partial charge in [0.05, 0.1) is 26.7 Å². The fourth-order valence-electron chi connectivity index (χ4n) is 8.03. The Labute approximate surface area is 257 Å². The number of carbonyl (C=O) groups excluding carboxylic acids is 1. The van der Waals surface area contributed by atoms with E-state index in [4.69, 9.17) is 14.2 Å². The maximum Gasteiger partial charge on any atom is 0.163 e. The molecule has 0 bridgehead atoms. The van der Waals surface area contributed by atoms with Crippen LogP contribution in [0.3, 0.4) is 0 Å². The SMILES string of the molecule is C=CCOc1ccc2c(c1)CC[C@H]1[C@H]2C(=O)C=C2C[C@@H]([Si](C)(C)c3ccccc3)C[C@H](OCOCc3ccccc3)[C@@]21C. The minimum Gasteiger partial charge on any atom is -0.490 e. The first-order chi connectivity index (χ1) is 20.8. The molecular formula is C38H44O4Si. The number of allylic oxidation sites excluding steroid dienone is 1. The highest BCUT2D eigenvalue weighted by atomic mass is 28.3. The number of carbonyl (C=O) groups is 1. The van der Waals surface area contributed by atoms with E-state index in [9.17, 15) is 4.79 Å². The summed E-state index contributed by atoms with van der Waals surface area (Å²) < 4.78 is 18.7. The highest BCUT2D eigenvalue weighted by Crippen LogP contribution is 2.61. The molecule has 3 aliphatic carbocycles. The van der Waals surface area contributed by atoms with Gasteiger partial charge in [-0.2, -0.15) is 0 Å². The van der Waals surface area contributed by atoms with Crippen molar-refractivity contribution in [3.05, 3.63) is 120 Å². The van der Waals surface area contributed by atoms with Gasteiger partial charge in [0.15, 0.2) is 5.78 Å². The average Bonchev–Trinajstić information content (AvgIpc) is 3.03. The largest absolute Gasteiger partial charge is 0.490 e. The molecule has 3 aromatic rings. The number of aryl methyl sites for hydroxylation is 1. The Balaban J connectivity index is 1.32. The van der Waals surface area contributed by atoms with Gasteiger partial charge in [-0.15, -0.1) is 0 Å². The van der Waals surface area contributed by atoms with Crippen LogP contribution in [0.25, 0.3) is 0 Å². The predicted molar refractivity (Wildman–Crippen MR) is 175 cm³/mol. The van der Waals surface area contributed by atoms with Crippen LogP contribution in [0.5, 0.6) is 5.75 Å². The quantitative estimate of drug-likeness (QED) is 0.105. The first-order valence-corrected chi connectivity index (χ1v) is 18.8. The second kappa shape index (κ2) is 12.4. The lowest BCUT2D eigenvalue weighted by molar-refractivity contribution is -0.152. The molecule has 0 aromatic heterocycles. The van der Waals surface area contributed by atoms with Crippen molar-refractivity contribution in [1.29, 1.82) is 0 Å². The highest BCUT2D eigenvalue weighted by molar-refractivity contribution is 6.91. The van der Waals surface area contributed by atoms with Crippen LogP contribution in [0.4, 0.5) is 0 Å². The highest BCUT2D eigenvalue weighted by Gasteiger charge is 2.58. The van der Waals surface area contributed by atoms with Crippen LogP contribution in [-0.4, -0.2) is 33.4 Å². The normalized spacial score (nSPS) is 26.5. The van der Waals surface area contributed by atoms with E-state index in [0.29, 0.717) is 18.8 Å². The fourth-order valence-corrected chi connectivity index (χ4v) is 11.1. The Morgan fingerprint density at radius 2 is 1.77 bits per heavy atom. The smallest absolute Gasteiger partial charge is 0.163 e. The second-order valence-corrected chi connectivity index (χ2v) is 18.1. The summed E-state index contributed by atoms with van der Waals surface area (Å²) >= 11 is 0. The number of rotatable bonds is 10. The molecule has 43 heavy (non-hydrogen) atoms. The van der Waals surface area contributed by atoms with Gasteiger partial charge in [0.25, 0.3) is 0 Å². The summed E-state index contributed by atoms with van der Waals surface area (Å²) in [5, 5.41) is 1.46. The maximum atomic E-state index is 14.0. The van der Waals surface area contributed by atoms with Crippen LogP contribution in [0.2, 0.25) is 18.6 Å². The minimum atomic E-state index is -1.86. The Kier molecular flexibility index (Phi) is 8.59. The van der Waals surface area contributed by atoms with Crippen molar-refractivity contribution in [3.63, 3.8) is 0 Å². The van der Waals surface area contributed by atoms with E-state index in [0.717, 1.165) is 42.6 Å². The van der Waals surface area contributed by atoms with Gasteiger partial charge in [-0.05, 0) is 72.0 Å². The summed E-state index contributed by atoms with van der Waals surface area (Å²) in [6, 6.07) is 27.5. The summed E-state index contributed by atoms with van der Waals surface area (Å²) in [6.45, 7) is 12.4. The Bertz CT molecular complexity index is 1480. The molecule has 1 fully saturated rings. The lowest BCUT2D eigenvalue weighted by atomic mass is 9.51. The third-order valence-electron chi connectivity index (χ3n) is 10.7. The van der Waals surface area contributed by atoms with Gasteiger partial charge in [0.1, 0.15) is 19.1 Å². The van der Waals surface area contributed by atoms with E-state index in [1.807, 2.05) is 30.3 Å². The predicted octanol–water partition coefficient (Wildman–Crippen LogP) is 7.75. The molecule has 3 aromatic carbocycles. The van der Waals surface area contributed by atoms with Crippen molar-refractivity contribution in [2.75, 3.05) is 13.4 Å². The van der Waals surface area contributed by atoms with Crippen LogP contribution >= 0.6 is 0 Å². The van der Waals surface area contributed by atoms with Crippen molar-refractivity contribution in [3.8, 4) is 5.75 Å². The minimum absolute atomic E-state index is 0.0268. The van der Waals surface area contributed by atoms with Crippen LogP contribution in [-0.2, 0) is 27.3 Å². The van der Waals surface area contributed by atoms with Crippen molar-refractivity contribution in [1.82, 2.24) is 0 Å². The number of fused-ring (bicyclic) bond motifs is 5. The van der Waals surface area contributed by atoms with E-state index in [1.54, 1.807) is 6.08 Å². The van der Waals surface area contributed by atoms with Crippen molar-refractivity contribution in [2.45, 2.75) is 69.9 Å². The summed E-state index contributed by atoms with van der Waals surface area (Å²) in [4.78, 5) is 14.0. The molecule has 5 atom stereocenters. The molecule has 0 saturated heterocycles. The molecule has 0 unspecified atom stereocenters. The number of ether oxygens (including phenoxy) is 3. The summed E-state index contributed by atoms with van der Waals surface area (Å²) in [5.41, 5.74) is 5.05. The molecule has 5 heteroatoms. The van der Waals surface area contributed by atoms with Gasteiger partial charge in [-0.3, -0.25) is 4.79 Å². The fraction of sp³-hybridized carbons (Fsp3) is 0.395. The van der Waals surface area contributed by atoms with Crippen molar-refractivity contribution in [2.24, 2.45) is 11.3 Å². The van der Waals surface area contributed by atoms with Crippen molar-refractivity contribution < 1.29 is 19.0 Å². The number of hydrogen-bond donors (Lipinski definition) is 0.